The van der Waals surface area contributed by atoms with Crippen LogP contribution in [0.15, 0.2) is 71.6 Å². The fourth-order valence-electron chi connectivity index (χ4n) is 6.13. The summed E-state index contributed by atoms with van der Waals surface area (Å²) in [7, 11) is -3.27. The lowest BCUT2D eigenvalue weighted by atomic mass is 9.92. The molecule has 2 aliphatic rings. The molecule has 208 valence electrons. The van der Waals surface area contributed by atoms with Crippen LogP contribution >= 0.6 is 11.6 Å². The van der Waals surface area contributed by atoms with Gasteiger partial charge >= 0.3 is 0 Å². The number of halogens is 1. The summed E-state index contributed by atoms with van der Waals surface area (Å²) in [6.07, 6.45) is 5.87. The normalized spacial score (nSPS) is 17.6. The number of sulfone groups is 1. The Morgan fingerprint density at radius 2 is 1.56 bits per heavy atom. The summed E-state index contributed by atoms with van der Waals surface area (Å²) in [6, 6.07) is 22.6. The first kappa shape index (κ1) is 28.4. The first-order chi connectivity index (χ1) is 18.9. The first-order valence-corrected chi connectivity index (χ1v) is 16.5. The molecule has 2 heterocycles. The molecule has 4 nitrogen and oxygen atoms in total. The second kappa shape index (κ2) is 13.0. The van der Waals surface area contributed by atoms with E-state index in [1.165, 1.54) is 27.8 Å². The quantitative estimate of drug-likeness (QED) is 0.289. The number of benzene rings is 3. The van der Waals surface area contributed by atoms with Crippen LogP contribution in [0.25, 0.3) is 0 Å². The van der Waals surface area contributed by atoms with Crippen LogP contribution in [-0.4, -0.2) is 50.1 Å². The predicted octanol–water partition coefficient (Wildman–Crippen LogP) is 6.72. The Hall–Kier alpha value is -2.18. The van der Waals surface area contributed by atoms with E-state index in [2.05, 4.69) is 53.1 Å². The molecule has 3 aromatic carbocycles. The zero-order chi connectivity index (χ0) is 27.2. The van der Waals surface area contributed by atoms with E-state index in [1.54, 1.807) is 0 Å². The average Bonchev–Trinajstić information content (AvgIpc) is 3.13. The molecule has 0 atom stereocenters. The Morgan fingerprint density at radius 1 is 0.821 bits per heavy atom. The zero-order valence-corrected chi connectivity index (χ0v) is 24.7. The van der Waals surface area contributed by atoms with E-state index in [0.29, 0.717) is 10.8 Å². The van der Waals surface area contributed by atoms with Crippen LogP contribution in [0.3, 0.4) is 0 Å². The average molecular weight is 565 g/mol. The number of nitrogens with zero attached hydrogens (tertiary/aromatic N) is 2. The van der Waals surface area contributed by atoms with Gasteiger partial charge in [-0.25, -0.2) is 8.42 Å². The highest BCUT2D eigenvalue weighted by Crippen LogP contribution is 2.26. The highest BCUT2D eigenvalue weighted by molar-refractivity contribution is 7.91. The molecule has 0 radical (unpaired) electrons. The van der Waals surface area contributed by atoms with Gasteiger partial charge in [0.05, 0.1) is 10.6 Å². The molecule has 2 aliphatic heterocycles. The molecule has 39 heavy (non-hydrogen) atoms. The van der Waals surface area contributed by atoms with Crippen LogP contribution in [0, 0.1) is 12.8 Å². The second-order valence-electron chi connectivity index (χ2n) is 11.4. The highest BCUT2D eigenvalue weighted by Gasteiger charge is 2.22. The zero-order valence-electron chi connectivity index (χ0n) is 23.1. The molecule has 6 heteroatoms. The third-order valence-corrected chi connectivity index (χ3v) is 10.6. The van der Waals surface area contributed by atoms with E-state index in [-0.39, 0.29) is 5.75 Å². The SMILES string of the molecule is Cc1ccccc1CN1CCc2ccc(S(=O)(=O)CCCC3CCN(Cc4cccc(Cl)c4)CC3)cc2CC1. The molecule has 0 saturated carbocycles. The topological polar surface area (TPSA) is 40.6 Å². The molecular formula is C33H41ClN2O2S. The molecule has 3 aromatic rings. The minimum Gasteiger partial charge on any atom is -0.299 e. The number of aryl methyl sites for hydroxylation is 1. The maximum absolute atomic E-state index is 13.2. The van der Waals surface area contributed by atoms with Gasteiger partial charge in [-0.1, -0.05) is 54.1 Å². The molecule has 0 aliphatic carbocycles. The van der Waals surface area contributed by atoms with Crippen LogP contribution in [0.4, 0.5) is 0 Å². The summed E-state index contributed by atoms with van der Waals surface area (Å²) >= 11 is 6.13. The summed E-state index contributed by atoms with van der Waals surface area (Å²) in [5.41, 5.74) is 6.46. The maximum atomic E-state index is 13.2. The fraction of sp³-hybridized carbons (Fsp3) is 0.455. The van der Waals surface area contributed by atoms with Crippen molar-refractivity contribution in [3.8, 4) is 0 Å². The summed E-state index contributed by atoms with van der Waals surface area (Å²) in [6.45, 7) is 8.15. The van der Waals surface area contributed by atoms with Crippen molar-refractivity contribution in [2.45, 2.75) is 63.4 Å². The van der Waals surface area contributed by atoms with E-state index in [4.69, 9.17) is 11.6 Å². The number of piperidine rings is 1. The van der Waals surface area contributed by atoms with Crippen molar-refractivity contribution in [2.24, 2.45) is 5.92 Å². The van der Waals surface area contributed by atoms with Crippen molar-refractivity contribution in [2.75, 3.05) is 31.9 Å². The van der Waals surface area contributed by atoms with Crippen LogP contribution in [0.5, 0.6) is 0 Å². The van der Waals surface area contributed by atoms with Crippen molar-refractivity contribution >= 4 is 21.4 Å². The summed E-state index contributed by atoms with van der Waals surface area (Å²) in [5, 5.41) is 0.790. The van der Waals surface area contributed by atoms with Gasteiger partial charge in [-0.15, -0.1) is 0 Å². The van der Waals surface area contributed by atoms with Gasteiger partial charge in [-0.05, 0) is 117 Å². The van der Waals surface area contributed by atoms with Crippen molar-refractivity contribution in [1.29, 1.82) is 0 Å². The van der Waals surface area contributed by atoms with Crippen LogP contribution in [0.1, 0.15) is 53.5 Å². The molecule has 0 bridgehead atoms. The largest absolute Gasteiger partial charge is 0.299 e. The molecule has 0 amide bonds. The van der Waals surface area contributed by atoms with E-state index >= 15 is 0 Å². The van der Waals surface area contributed by atoms with E-state index < -0.39 is 9.84 Å². The lowest BCUT2D eigenvalue weighted by molar-refractivity contribution is 0.172. The van der Waals surface area contributed by atoms with Crippen LogP contribution in [-0.2, 0) is 35.8 Å². The smallest absolute Gasteiger partial charge is 0.178 e. The van der Waals surface area contributed by atoms with Gasteiger partial charge in [0, 0.05) is 31.2 Å². The van der Waals surface area contributed by atoms with Crippen LogP contribution < -0.4 is 0 Å². The number of rotatable bonds is 9. The van der Waals surface area contributed by atoms with Gasteiger partial charge in [0.15, 0.2) is 9.84 Å². The van der Waals surface area contributed by atoms with Gasteiger partial charge < -0.3 is 0 Å². The number of hydrogen-bond acceptors (Lipinski definition) is 4. The Kier molecular flexibility index (Phi) is 9.44. The Bertz CT molecular complexity index is 1370. The van der Waals surface area contributed by atoms with E-state index in [9.17, 15) is 8.42 Å². The Balaban J connectivity index is 1.09. The molecule has 0 N–H and O–H groups in total. The van der Waals surface area contributed by atoms with Gasteiger partial charge in [0.2, 0.25) is 0 Å². The van der Waals surface area contributed by atoms with E-state index in [0.717, 1.165) is 82.8 Å². The molecule has 1 fully saturated rings. The molecule has 0 aromatic heterocycles. The van der Waals surface area contributed by atoms with Crippen molar-refractivity contribution < 1.29 is 8.42 Å². The highest BCUT2D eigenvalue weighted by atomic mass is 35.5. The molecule has 0 unspecified atom stereocenters. The van der Waals surface area contributed by atoms with Gasteiger partial charge in [-0.2, -0.15) is 0 Å². The minimum atomic E-state index is -3.27. The minimum absolute atomic E-state index is 0.244. The summed E-state index contributed by atoms with van der Waals surface area (Å²) in [4.78, 5) is 5.48. The summed E-state index contributed by atoms with van der Waals surface area (Å²) < 4.78 is 26.5. The molecule has 0 spiro atoms. The number of fused-ring (bicyclic) bond motifs is 1. The second-order valence-corrected chi connectivity index (χ2v) is 14.0. The third kappa shape index (κ3) is 7.73. The van der Waals surface area contributed by atoms with Gasteiger partial charge in [0.25, 0.3) is 0 Å². The van der Waals surface area contributed by atoms with Gasteiger partial charge in [-0.3, -0.25) is 9.80 Å². The number of hydrogen-bond donors (Lipinski definition) is 0. The third-order valence-electron chi connectivity index (χ3n) is 8.61. The van der Waals surface area contributed by atoms with Crippen molar-refractivity contribution in [1.82, 2.24) is 9.80 Å². The Morgan fingerprint density at radius 3 is 2.33 bits per heavy atom. The van der Waals surface area contributed by atoms with Gasteiger partial charge in [0.1, 0.15) is 0 Å². The van der Waals surface area contributed by atoms with Crippen molar-refractivity contribution in [3.05, 3.63) is 99.6 Å². The lowest BCUT2D eigenvalue weighted by Crippen LogP contribution is -2.33. The number of likely N-dealkylation sites (tertiary alicyclic amines) is 1. The standard InChI is InChI=1S/C33H41ClN2O2S/c1-26-6-2-3-9-31(26)25-36-19-15-29-11-12-33(23-30(29)16-20-36)39(37,38)21-5-8-27-13-17-35(18-14-27)24-28-7-4-10-32(34)22-28/h2-4,6-7,9-12,22-23,27H,5,8,13-21,24-25H2,1H3. The van der Waals surface area contributed by atoms with Crippen molar-refractivity contribution in [3.63, 3.8) is 0 Å². The monoisotopic (exact) mass is 564 g/mol. The molecular weight excluding hydrogens is 524 g/mol. The first-order valence-electron chi connectivity index (χ1n) is 14.4. The van der Waals surface area contributed by atoms with Crippen LogP contribution in [0.2, 0.25) is 5.02 Å². The Labute approximate surface area is 239 Å². The lowest BCUT2D eigenvalue weighted by Gasteiger charge is -2.32. The molecule has 5 rings (SSSR count). The molecule has 1 saturated heterocycles. The fourth-order valence-corrected chi connectivity index (χ4v) is 7.73. The summed E-state index contributed by atoms with van der Waals surface area (Å²) in [5.74, 6) is 0.857. The maximum Gasteiger partial charge on any atom is 0.178 e. The van der Waals surface area contributed by atoms with E-state index in [1.807, 2.05) is 30.3 Å². The predicted molar refractivity (Wildman–Crippen MR) is 161 cm³/mol.